The van der Waals surface area contributed by atoms with Gasteiger partial charge in [0.15, 0.2) is 5.82 Å². The van der Waals surface area contributed by atoms with Crippen molar-refractivity contribution in [2.75, 3.05) is 18.5 Å². The molecule has 0 bridgehead atoms. The SMILES string of the molecule is CC(C)c1c([C@H](C)O)cnc2ccc(-c3nc(N[C@@H]4CCOC[C@H]4O)ncc3F)cc12. The Hall–Kier alpha value is -2.68. The van der Waals surface area contributed by atoms with Crippen molar-refractivity contribution in [2.24, 2.45) is 0 Å². The largest absolute Gasteiger partial charge is 0.389 e. The third-order valence-electron chi connectivity index (χ3n) is 5.63. The second-order valence-corrected chi connectivity index (χ2v) is 8.26. The Morgan fingerprint density at radius 2 is 2.00 bits per heavy atom. The number of fused-ring (bicyclic) bond motifs is 1. The van der Waals surface area contributed by atoms with Crippen LogP contribution in [0.5, 0.6) is 0 Å². The van der Waals surface area contributed by atoms with Crippen molar-refractivity contribution in [2.45, 2.75) is 51.4 Å². The van der Waals surface area contributed by atoms with Crippen molar-refractivity contribution in [3.05, 3.63) is 47.5 Å². The molecule has 0 spiro atoms. The van der Waals surface area contributed by atoms with Crippen LogP contribution < -0.4 is 5.32 Å². The van der Waals surface area contributed by atoms with Gasteiger partial charge in [-0.25, -0.2) is 14.4 Å². The van der Waals surface area contributed by atoms with E-state index in [0.717, 1.165) is 28.2 Å². The van der Waals surface area contributed by atoms with E-state index in [0.29, 0.717) is 18.6 Å². The number of benzene rings is 1. The van der Waals surface area contributed by atoms with Gasteiger partial charge in [-0.05, 0) is 37.0 Å². The number of anilines is 1. The van der Waals surface area contributed by atoms with Gasteiger partial charge in [-0.15, -0.1) is 0 Å². The Labute approximate surface area is 180 Å². The molecule has 31 heavy (non-hydrogen) atoms. The highest BCUT2D eigenvalue weighted by molar-refractivity contribution is 5.88. The Morgan fingerprint density at radius 3 is 2.71 bits per heavy atom. The molecule has 3 N–H and O–H groups in total. The van der Waals surface area contributed by atoms with Crippen LogP contribution in [0.25, 0.3) is 22.2 Å². The molecule has 0 aliphatic carbocycles. The monoisotopic (exact) mass is 426 g/mol. The number of aromatic nitrogens is 3. The quantitative estimate of drug-likeness (QED) is 0.573. The molecule has 1 fully saturated rings. The Kier molecular flexibility index (Phi) is 6.13. The number of hydrogen-bond acceptors (Lipinski definition) is 7. The van der Waals surface area contributed by atoms with E-state index in [1.54, 1.807) is 19.2 Å². The Balaban J connectivity index is 1.76. The van der Waals surface area contributed by atoms with Crippen molar-refractivity contribution >= 4 is 16.9 Å². The van der Waals surface area contributed by atoms with Crippen LogP contribution in [0.2, 0.25) is 0 Å². The highest BCUT2D eigenvalue weighted by Gasteiger charge is 2.25. The summed E-state index contributed by atoms with van der Waals surface area (Å²) in [6.07, 6.45) is 2.11. The van der Waals surface area contributed by atoms with Gasteiger partial charge in [0.05, 0.1) is 36.6 Å². The first-order chi connectivity index (χ1) is 14.8. The molecule has 8 heteroatoms. The second-order valence-electron chi connectivity index (χ2n) is 8.26. The first-order valence-corrected chi connectivity index (χ1v) is 10.5. The molecule has 0 unspecified atom stereocenters. The predicted octanol–water partition coefficient (Wildman–Crippen LogP) is 3.57. The predicted molar refractivity (Wildman–Crippen MR) is 116 cm³/mol. The molecule has 3 aromatic rings. The molecule has 4 rings (SSSR count). The van der Waals surface area contributed by atoms with Crippen molar-refractivity contribution in [1.82, 2.24) is 15.0 Å². The molecule has 3 heterocycles. The fraction of sp³-hybridized carbons (Fsp3) is 0.435. The topological polar surface area (TPSA) is 100 Å². The number of pyridine rings is 1. The van der Waals surface area contributed by atoms with E-state index in [2.05, 4.69) is 34.1 Å². The second kappa shape index (κ2) is 8.82. The molecule has 1 aromatic carbocycles. The Bertz CT molecular complexity index is 1090. The lowest BCUT2D eigenvalue weighted by atomic mass is 9.91. The lowest BCUT2D eigenvalue weighted by Gasteiger charge is -2.28. The summed E-state index contributed by atoms with van der Waals surface area (Å²) in [6.45, 7) is 6.60. The van der Waals surface area contributed by atoms with Gasteiger partial charge in [0, 0.05) is 29.3 Å². The number of aliphatic hydroxyl groups excluding tert-OH is 2. The first kappa shape index (κ1) is 21.5. The van der Waals surface area contributed by atoms with Crippen LogP contribution in [-0.2, 0) is 4.74 Å². The molecule has 1 aliphatic heterocycles. The van der Waals surface area contributed by atoms with E-state index in [4.69, 9.17) is 4.74 Å². The zero-order chi connectivity index (χ0) is 22.1. The standard InChI is InChI=1S/C23H27FN4O3/c1-12(2)21-15-8-14(4-5-18(15)25-9-16(21)13(3)29)22-17(24)10-26-23(28-22)27-19-6-7-31-11-20(19)30/h4-5,8-10,12-13,19-20,29-30H,6-7,11H2,1-3H3,(H,26,27,28)/t13-,19+,20+/m0/s1. The van der Waals surface area contributed by atoms with E-state index in [9.17, 15) is 14.6 Å². The van der Waals surface area contributed by atoms with Gasteiger partial charge in [0.1, 0.15) is 5.69 Å². The van der Waals surface area contributed by atoms with Gasteiger partial charge in [-0.3, -0.25) is 4.98 Å². The third-order valence-corrected chi connectivity index (χ3v) is 5.63. The zero-order valence-electron chi connectivity index (χ0n) is 17.8. The molecule has 164 valence electrons. The zero-order valence-corrected chi connectivity index (χ0v) is 17.8. The summed E-state index contributed by atoms with van der Waals surface area (Å²) in [4.78, 5) is 12.9. The molecular weight excluding hydrogens is 399 g/mol. The van der Waals surface area contributed by atoms with E-state index < -0.39 is 18.0 Å². The molecule has 1 saturated heterocycles. The number of nitrogens with one attached hydrogen (secondary N) is 1. The minimum absolute atomic E-state index is 0.146. The van der Waals surface area contributed by atoms with Crippen LogP contribution in [-0.4, -0.2) is 50.5 Å². The fourth-order valence-electron chi connectivity index (χ4n) is 4.05. The average molecular weight is 426 g/mol. The molecule has 7 nitrogen and oxygen atoms in total. The smallest absolute Gasteiger partial charge is 0.223 e. The third kappa shape index (κ3) is 4.37. The summed E-state index contributed by atoms with van der Waals surface area (Å²) >= 11 is 0. The number of hydrogen-bond donors (Lipinski definition) is 3. The molecule has 2 aromatic heterocycles. The number of halogens is 1. The number of nitrogens with zero attached hydrogens (tertiary/aromatic N) is 3. The summed E-state index contributed by atoms with van der Waals surface area (Å²) in [5, 5.41) is 24.3. The number of ether oxygens (including phenoxy) is 1. The fourth-order valence-corrected chi connectivity index (χ4v) is 4.05. The van der Waals surface area contributed by atoms with Crippen LogP contribution in [0.3, 0.4) is 0 Å². The van der Waals surface area contributed by atoms with Gasteiger partial charge in [0.2, 0.25) is 5.95 Å². The molecule has 0 radical (unpaired) electrons. The summed E-state index contributed by atoms with van der Waals surface area (Å²) in [7, 11) is 0. The maximum atomic E-state index is 14.7. The maximum Gasteiger partial charge on any atom is 0.223 e. The molecule has 0 amide bonds. The van der Waals surface area contributed by atoms with Gasteiger partial charge in [-0.1, -0.05) is 19.9 Å². The van der Waals surface area contributed by atoms with Gasteiger partial charge in [0.25, 0.3) is 0 Å². The summed E-state index contributed by atoms with van der Waals surface area (Å²) in [5.41, 5.74) is 3.28. The number of aliphatic hydroxyl groups is 2. The van der Waals surface area contributed by atoms with Crippen LogP contribution in [0.1, 0.15) is 50.3 Å². The van der Waals surface area contributed by atoms with Crippen molar-refractivity contribution in [3.63, 3.8) is 0 Å². The summed E-state index contributed by atoms with van der Waals surface area (Å²) < 4.78 is 19.9. The van der Waals surface area contributed by atoms with E-state index in [1.165, 1.54) is 0 Å². The van der Waals surface area contributed by atoms with Gasteiger partial charge in [-0.2, -0.15) is 0 Å². The molecule has 0 saturated carbocycles. The Morgan fingerprint density at radius 1 is 1.19 bits per heavy atom. The van der Waals surface area contributed by atoms with Gasteiger partial charge < -0.3 is 20.3 Å². The highest BCUT2D eigenvalue weighted by atomic mass is 19.1. The van der Waals surface area contributed by atoms with Crippen LogP contribution in [0.4, 0.5) is 10.3 Å². The first-order valence-electron chi connectivity index (χ1n) is 10.5. The van der Waals surface area contributed by atoms with Crippen molar-refractivity contribution in [3.8, 4) is 11.3 Å². The van der Waals surface area contributed by atoms with E-state index in [1.807, 2.05) is 12.1 Å². The van der Waals surface area contributed by atoms with Crippen molar-refractivity contribution < 1.29 is 19.3 Å². The summed E-state index contributed by atoms with van der Waals surface area (Å²) in [5.74, 6) is -0.140. The molecule has 3 atom stereocenters. The lowest BCUT2D eigenvalue weighted by Crippen LogP contribution is -2.42. The van der Waals surface area contributed by atoms with Gasteiger partial charge >= 0.3 is 0 Å². The van der Waals surface area contributed by atoms with Crippen LogP contribution in [0, 0.1) is 5.82 Å². The molecular formula is C23H27FN4O3. The van der Waals surface area contributed by atoms with Crippen LogP contribution >= 0.6 is 0 Å². The minimum Gasteiger partial charge on any atom is -0.389 e. The maximum absolute atomic E-state index is 14.7. The van der Waals surface area contributed by atoms with E-state index >= 15 is 0 Å². The minimum atomic E-state index is -0.676. The van der Waals surface area contributed by atoms with Crippen LogP contribution in [0.15, 0.2) is 30.6 Å². The van der Waals surface area contributed by atoms with E-state index in [-0.39, 0.29) is 30.2 Å². The highest BCUT2D eigenvalue weighted by Crippen LogP contribution is 2.34. The average Bonchev–Trinajstić information content (AvgIpc) is 2.75. The summed E-state index contributed by atoms with van der Waals surface area (Å²) in [6, 6.07) is 5.22. The lowest BCUT2D eigenvalue weighted by molar-refractivity contribution is -0.0136. The van der Waals surface area contributed by atoms with Crippen molar-refractivity contribution in [1.29, 1.82) is 0 Å². The number of rotatable bonds is 5. The normalized spacial score (nSPS) is 20.2. The molecule has 1 aliphatic rings.